The van der Waals surface area contributed by atoms with E-state index in [9.17, 15) is 23.5 Å². The van der Waals surface area contributed by atoms with E-state index < -0.39 is 35.0 Å². The normalized spacial score (nSPS) is 29.8. The van der Waals surface area contributed by atoms with Gasteiger partial charge in [0.25, 0.3) is 0 Å². The van der Waals surface area contributed by atoms with Crippen LogP contribution in [0.4, 0.5) is 14.5 Å². The maximum atomic E-state index is 14.6. The van der Waals surface area contributed by atoms with E-state index in [1.165, 1.54) is 10.8 Å². The van der Waals surface area contributed by atoms with Gasteiger partial charge in [-0.1, -0.05) is 0 Å². The van der Waals surface area contributed by atoms with Gasteiger partial charge in [0.2, 0.25) is 5.43 Å². The van der Waals surface area contributed by atoms with Crippen molar-refractivity contribution in [1.82, 2.24) is 9.88 Å². The first kappa shape index (κ1) is 14.8. The Balaban J connectivity index is 1.73. The first-order valence-corrected chi connectivity index (χ1v) is 8.21. The maximum absolute atomic E-state index is 14.6. The number of rotatable bonds is 3. The third kappa shape index (κ3) is 2.17. The molecular formula is C17H15F2N3O3. The number of hydrogen-bond acceptors (Lipinski definition) is 4. The lowest BCUT2D eigenvalue weighted by Gasteiger charge is -2.22. The molecule has 1 aromatic heterocycles. The summed E-state index contributed by atoms with van der Waals surface area (Å²) in [5, 5.41) is 12.5. The number of aromatic carboxylic acids is 1. The second-order valence-electron chi connectivity index (χ2n) is 7.01. The predicted molar refractivity (Wildman–Crippen MR) is 86.6 cm³/mol. The van der Waals surface area contributed by atoms with Gasteiger partial charge in [0.05, 0.1) is 17.2 Å². The standard InChI is InChI=1S/C17H15F2N3O3/c18-9-1-7-13(3-14(9)21-5-11-12(6-21)20-11)22(15-2-10(15)19)4-8(16(7)23)17(24)25/h1,3-4,10-12,15,20H,2,5-6H2,(H,24,25)/t10-,11?,12?,15+/m0/s1. The number of alkyl halides is 1. The molecule has 2 N–H and O–H groups in total. The van der Waals surface area contributed by atoms with E-state index >= 15 is 0 Å². The van der Waals surface area contributed by atoms with Gasteiger partial charge in [0.1, 0.15) is 17.6 Å². The molecule has 4 atom stereocenters. The number of benzene rings is 1. The van der Waals surface area contributed by atoms with Crippen LogP contribution in [0.2, 0.25) is 0 Å². The minimum atomic E-state index is -1.40. The molecule has 130 valence electrons. The predicted octanol–water partition coefficient (Wildman–Crippen LogP) is 1.28. The van der Waals surface area contributed by atoms with Crippen LogP contribution in [0.5, 0.6) is 0 Å². The van der Waals surface area contributed by atoms with E-state index in [0.29, 0.717) is 36.4 Å². The third-order valence-corrected chi connectivity index (χ3v) is 5.35. The minimum absolute atomic E-state index is 0.0252. The molecule has 25 heavy (non-hydrogen) atoms. The van der Waals surface area contributed by atoms with Crippen molar-refractivity contribution in [2.24, 2.45) is 0 Å². The number of carboxylic acids is 1. The Morgan fingerprint density at radius 3 is 2.56 bits per heavy atom. The first-order valence-electron chi connectivity index (χ1n) is 8.21. The van der Waals surface area contributed by atoms with Crippen molar-refractivity contribution in [2.45, 2.75) is 30.7 Å². The molecule has 3 fully saturated rings. The first-order chi connectivity index (χ1) is 11.9. The van der Waals surface area contributed by atoms with Crippen LogP contribution in [0.15, 0.2) is 23.1 Å². The summed E-state index contributed by atoms with van der Waals surface area (Å²) in [6.45, 7) is 1.36. The van der Waals surface area contributed by atoms with E-state index in [1.54, 1.807) is 6.07 Å². The average molecular weight is 347 g/mol. The lowest BCUT2D eigenvalue weighted by molar-refractivity contribution is 0.0694. The maximum Gasteiger partial charge on any atom is 0.341 e. The summed E-state index contributed by atoms with van der Waals surface area (Å²) in [6, 6.07) is 2.86. The second-order valence-corrected chi connectivity index (χ2v) is 7.01. The van der Waals surface area contributed by atoms with E-state index in [1.807, 2.05) is 4.90 Å². The fourth-order valence-corrected chi connectivity index (χ4v) is 3.79. The summed E-state index contributed by atoms with van der Waals surface area (Å²) in [7, 11) is 0. The van der Waals surface area contributed by atoms with Crippen molar-refractivity contribution in [1.29, 1.82) is 0 Å². The van der Waals surface area contributed by atoms with Crippen LogP contribution < -0.4 is 15.6 Å². The Morgan fingerprint density at radius 2 is 1.96 bits per heavy atom. The molecule has 2 saturated heterocycles. The smallest absolute Gasteiger partial charge is 0.341 e. The monoisotopic (exact) mass is 347 g/mol. The van der Waals surface area contributed by atoms with Crippen molar-refractivity contribution in [3.63, 3.8) is 0 Å². The van der Waals surface area contributed by atoms with Crippen molar-refractivity contribution < 1.29 is 18.7 Å². The molecule has 0 bridgehead atoms. The molecular weight excluding hydrogens is 332 g/mol. The number of anilines is 1. The van der Waals surface area contributed by atoms with Gasteiger partial charge >= 0.3 is 5.97 Å². The molecule has 3 aliphatic rings. The van der Waals surface area contributed by atoms with E-state index in [-0.39, 0.29) is 11.8 Å². The average Bonchev–Trinajstić information content (AvgIpc) is 3.45. The fraction of sp³-hybridized carbons (Fsp3) is 0.412. The summed E-state index contributed by atoms with van der Waals surface area (Å²) < 4.78 is 29.7. The summed E-state index contributed by atoms with van der Waals surface area (Å²) in [4.78, 5) is 25.6. The zero-order chi connectivity index (χ0) is 17.5. The van der Waals surface area contributed by atoms with Crippen LogP contribution >= 0.6 is 0 Å². The van der Waals surface area contributed by atoms with Crippen molar-refractivity contribution in [3.8, 4) is 0 Å². The molecule has 6 nitrogen and oxygen atoms in total. The molecule has 0 spiro atoms. The number of piperazine rings is 1. The second kappa shape index (κ2) is 4.78. The highest BCUT2D eigenvalue weighted by atomic mass is 19.1. The SMILES string of the molecule is O=C(O)c1cn([C@@H]2C[C@@H]2F)c2cc(N3CC4NC4C3)c(F)cc2c1=O. The molecule has 1 saturated carbocycles. The minimum Gasteiger partial charge on any atom is -0.477 e. The molecule has 2 aliphatic heterocycles. The lowest BCUT2D eigenvalue weighted by Crippen LogP contribution is -2.28. The summed E-state index contributed by atoms with van der Waals surface area (Å²) >= 11 is 0. The number of halogens is 2. The largest absolute Gasteiger partial charge is 0.477 e. The van der Waals surface area contributed by atoms with Crippen LogP contribution in [0.1, 0.15) is 22.8 Å². The molecule has 3 heterocycles. The van der Waals surface area contributed by atoms with Gasteiger partial charge in [-0.15, -0.1) is 0 Å². The fourth-order valence-electron chi connectivity index (χ4n) is 3.79. The van der Waals surface area contributed by atoms with E-state index in [2.05, 4.69) is 5.32 Å². The number of carboxylic acid groups (broad SMARTS) is 1. The van der Waals surface area contributed by atoms with Crippen molar-refractivity contribution >= 4 is 22.6 Å². The van der Waals surface area contributed by atoms with Crippen LogP contribution in [-0.2, 0) is 0 Å². The van der Waals surface area contributed by atoms with Crippen molar-refractivity contribution in [3.05, 3.63) is 39.9 Å². The highest BCUT2D eigenvalue weighted by Gasteiger charge is 2.45. The van der Waals surface area contributed by atoms with Gasteiger partial charge in [-0.05, 0) is 12.1 Å². The van der Waals surface area contributed by atoms with E-state index in [0.717, 1.165) is 6.07 Å². The molecule has 2 unspecified atom stereocenters. The number of pyridine rings is 1. The summed E-state index contributed by atoms with van der Waals surface area (Å²) in [6.07, 6.45) is 0.369. The van der Waals surface area contributed by atoms with Crippen LogP contribution in [0.3, 0.4) is 0 Å². The molecule has 5 rings (SSSR count). The van der Waals surface area contributed by atoms with Crippen LogP contribution in [-0.4, -0.2) is 47.0 Å². The molecule has 2 aromatic rings. The highest BCUT2D eigenvalue weighted by Crippen LogP contribution is 2.41. The van der Waals surface area contributed by atoms with Gasteiger partial charge in [0.15, 0.2) is 0 Å². The van der Waals surface area contributed by atoms with Gasteiger partial charge in [0, 0.05) is 43.2 Å². The molecule has 0 amide bonds. The Morgan fingerprint density at radius 1 is 1.28 bits per heavy atom. The topological polar surface area (TPSA) is 84.5 Å². The number of fused-ring (bicyclic) bond motifs is 2. The van der Waals surface area contributed by atoms with Gasteiger partial charge in [-0.2, -0.15) is 0 Å². The summed E-state index contributed by atoms with van der Waals surface area (Å²) in [5.74, 6) is -1.96. The zero-order valence-electron chi connectivity index (χ0n) is 13.1. The summed E-state index contributed by atoms with van der Waals surface area (Å²) in [5.41, 5.74) is -0.463. The molecule has 8 heteroatoms. The van der Waals surface area contributed by atoms with Crippen molar-refractivity contribution in [2.75, 3.05) is 18.0 Å². The Labute approximate surface area is 140 Å². The quantitative estimate of drug-likeness (QED) is 0.817. The van der Waals surface area contributed by atoms with Gasteiger partial charge in [-0.25, -0.2) is 13.6 Å². The number of carbonyl (C=O) groups is 1. The molecule has 0 radical (unpaired) electrons. The van der Waals surface area contributed by atoms with Gasteiger partial charge < -0.3 is 19.9 Å². The molecule has 1 aromatic carbocycles. The highest BCUT2D eigenvalue weighted by molar-refractivity contribution is 5.93. The number of aromatic nitrogens is 1. The van der Waals surface area contributed by atoms with Crippen LogP contribution in [0, 0.1) is 5.82 Å². The van der Waals surface area contributed by atoms with Crippen LogP contribution in [0.25, 0.3) is 10.9 Å². The number of nitrogens with zero attached hydrogens (tertiary/aromatic N) is 2. The number of hydrogen-bond donors (Lipinski definition) is 2. The third-order valence-electron chi connectivity index (χ3n) is 5.35. The Hall–Kier alpha value is -2.48. The Bertz CT molecular complexity index is 979. The molecule has 1 aliphatic carbocycles. The van der Waals surface area contributed by atoms with Gasteiger partial charge in [-0.3, -0.25) is 4.79 Å². The zero-order valence-corrected chi connectivity index (χ0v) is 13.1. The Kier molecular flexibility index (Phi) is 2.84. The number of nitrogens with one attached hydrogen (secondary N) is 1. The lowest BCUT2D eigenvalue weighted by atomic mass is 10.1. The van der Waals surface area contributed by atoms with E-state index in [4.69, 9.17) is 0 Å².